The largest absolute Gasteiger partial charge is 0.304 e. The summed E-state index contributed by atoms with van der Waals surface area (Å²) in [6.07, 6.45) is 5.52. The summed E-state index contributed by atoms with van der Waals surface area (Å²) in [5.74, 6) is -0.502. The first-order chi connectivity index (χ1) is 14.5. The lowest BCUT2D eigenvalue weighted by Gasteiger charge is -2.30. The summed E-state index contributed by atoms with van der Waals surface area (Å²) in [5.41, 5.74) is 3.43. The van der Waals surface area contributed by atoms with Crippen LogP contribution in [0.3, 0.4) is 0 Å². The molecule has 0 radical (unpaired) electrons. The van der Waals surface area contributed by atoms with Crippen LogP contribution in [0.1, 0.15) is 37.1 Å². The highest BCUT2D eigenvalue weighted by atomic mass is 35.5. The zero-order chi connectivity index (χ0) is 20.8. The van der Waals surface area contributed by atoms with Gasteiger partial charge in [0.05, 0.1) is 16.9 Å². The van der Waals surface area contributed by atoms with Gasteiger partial charge in [0.1, 0.15) is 5.82 Å². The van der Waals surface area contributed by atoms with Crippen LogP contribution in [-0.4, -0.2) is 44.1 Å². The third-order valence-corrected chi connectivity index (χ3v) is 6.09. The number of fused-ring (bicyclic) bond motifs is 2. The van der Waals surface area contributed by atoms with Crippen molar-refractivity contribution in [1.29, 1.82) is 0 Å². The number of rotatable bonds is 3. The number of nitrogens with zero attached hydrogens (tertiary/aromatic N) is 5. The van der Waals surface area contributed by atoms with Crippen LogP contribution in [0.4, 0.5) is 8.78 Å². The lowest BCUT2D eigenvalue weighted by Crippen LogP contribution is -2.32. The van der Waals surface area contributed by atoms with Gasteiger partial charge < -0.3 is 9.30 Å². The van der Waals surface area contributed by atoms with Crippen molar-refractivity contribution in [3.8, 4) is 11.1 Å². The summed E-state index contributed by atoms with van der Waals surface area (Å²) >= 11 is 0. The fourth-order valence-electron chi connectivity index (χ4n) is 4.37. The number of hydrogen-bond acceptors (Lipinski definition) is 4. The van der Waals surface area contributed by atoms with Gasteiger partial charge in [0.2, 0.25) is 0 Å². The minimum absolute atomic E-state index is 0. The highest BCUT2D eigenvalue weighted by Crippen LogP contribution is 2.31. The van der Waals surface area contributed by atoms with E-state index in [1.165, 1.54) is 12.1 Å². The quantitative estimate of drug-likeness (QED) is 0.385. The molecule has 0 atom stereocenters. The third kappa shape index (κ3) is 4.42. The minimum Gasteiger partial charge on any atom is -0.304 e. The molecule has 1 saturated heterocycles. The molecular weight excluding hydrogens is 455 g/mol. The normalized spacial score (nSPS) is 15.0. The van der Waals surface area contributed by atoms with Crippen molar-refractivity contribution in [2.75, 3.05) is 19.6 Å². The van der Waals surface area contributed by atoms with E-state index in [2.05, 4.69) is 27.0 Å². The van der Waals surface area contributed by atoms with Gasteiger partial charge in [-0.25, -0.2) is 13.8 Å². The number of likely N-dealkylation sites (tertiary alicyclic amines) is 1. The second-order valence-electron chi connectivity index (χ2n) is 8.06. The summed E-state index contributed by atoms with van der Waals surface area (Å²) in [7, 11) is 0. The summed E-state index contributed by atoms with van der Waals surface area (Å²) in [4.78, 5) is 6.58. The maximum atomic E-state index is 15.0. The van der Waals surface area contributed by atoms with E-state index < -0.39 is 5.82 Å². The number of hydrogen-bond donors (Lipinski definition) is 0. The average molecular weight is 480 g/mol. The maximum Gasteiger partial charge on any atom is 0.173 e. The Hall–Kier alpha value is -2.35. The summed E-state index contributed by atoms with van der Waals surface area (Å²) in [5, 5.41) is 9.18. The van der Waals surface area contributed by atoms with E-state index in [9.17, 15) is 4.39 Å². The molecule has 4 aromatic rings. The lowest BCUT2D eigenvalue weighted by molar-refractivity contribution is 0.220. The molecule has 1 aromatic carbocycles. The van der Waals surface area contributed by atoms with Gasteiger partial charge in [0.15, 0.2) is 11.5 Å². The monoisotopic (exact) mass is 479 g/mol. The predicted octanol–water partition coefficient (Wildman–Crippen LogP) is 5.57. The molecule has 0 amide bonds. The fraction of sp³-hybridized carbons (Fsp3) is 0.348. The second kappa shape index (κ2) is 9.65. The van der Waals surface area contributed by atoms with E-state index >= 15 is 4.39 Å². The molecule has 3 aromatic heterocycles. The van der Waals surface area contributed by atoms with E-state index in [1.54, 1.807) is 29.8 Å². The van der Waals surface area contributed by atoms with Gasteiger partial charge in [-0.2, -0.15) is 10.2 Å². The Balaban J connectivity index is 0.00000144. The van der Waals surface area contributed by atoms with Gasteiger partial charge >= 0.3 is 0 Å². The topological polar surface area (TPSA) is 46.3 Å². The third-order valence-electron chi connectivity index (χ3n) is 6.09. The molecule has 5 nitrogen and oxygen atoms in total. The second-order valence-corrected chi connectivity index (χ2v) is 8.06. The fourth-order valence-corrected chi connectivity index (χ4v) is 4.37. The molecule has 0 spiro atoms. The first-order valence-corrected chi connectivity index (χ1v) is 10.4. The number of piperidine rings is 1. The van der Waals surface area contributed by atoms with Crippen LogP contribution < -0.4 is 0 Å². The van der Waals surface area contributed by atoms with Crippen molar-refractivity contribution in [2.24, 2.45) is 0 Å². The minimum atomic E-state index is -0.444. The molecule has 1 aliphatic heterocycles. The van der Waals surface area contributed by atoms with Crippen molar-refractivity contribution in [2.45, 2.75) is 32.6 Å². The molecule has 5 rings (SSSR count). The van der Waals surface area contributed by atoms with E-state index in [1.807, 2.05) is 6.07 Å². The Morgan fingerprint density at radius 3 is 2.38 bits per heavy atom. The molecular formula is C23H25Cl2F2N5. The maximum absolute atomic E-state index is 15.0. The highest BCUT2D eigenvalue weighted by molar-refractivity contribution is 5.86. The molecule has 1 fully saturated rings. The van der Waals surface area contributed by atoms with Crippen LogP contribution in [0.5, 0.6) is 0 Å². The number of aryl methyl sites for hydroxylation is 1. The van der Waals surface area contributed by atoms with Crippen LogP contribution in [-0.2, 0) is 0 Å². The Bertz CT molecular complexity index is 1250. The van der Waals surface area contributed by atoms with Crippen LogP contribution in [0.2, 0.25) is 0 Å². The molecule has 4 heterocycles. The van der Waals surface area contributed by atoms with Crippen molar-refractivity contribution < 1.29 is 8.78 Å². The highest BCUT2D eigenvalue weighted by Gasteiger charge is 2.22. The molecule has 9 heteroatoms. The summed E-state index contributed by atoms with van der Waals surface area (Å²) in [6.45, 7) is 7.09. The number of imidazole rings is 1. The molecule has 1 aliphatic rings. The Morgan fingerprint density at radius 2 is 1.66 bits per heavy atom. The number of benzene rings is 1. The first-order valence-electron chi connectivity index (χ1n) is 10.4. The standard InChI is InChI=1S/C23H23F2N5.2ClH/c1-3-29-6-4-15(5-7-29)21-11-18-19(24)8-16(10-22(18)28-27-21)17-9-20(25)23-26-14(2)12-30(23)13-17;;/h8-13,15H,3-7H2,1-2H3;2*1H. The van der Waals surface area contributed by atoms with Crippen LogP contribution in [0.25, 0.3) is 27.7 Å². The van der Waals surface area contributed by atoms with Crippen LogP contribution in [0.15, 0.2) is 36.7 Å². The molecule has 0 aliphatic carbocycles. The molecule has 0 bridgehead atoms. The smallest absolute Gasteiger partial charge is 0.173 e. The van der Waals surface area contributed by atoms with Gasteiger partial charge in [0.25, 0.3) is 0 Å². The van der Waals surface area contributed by atoms with Crippen molar-refractivity contribution in [3.05, 3.63) is 59.7 Å². The van der Waals surface area contributed by atoms with E-state index in [0.717, 1.165) is 43.9 Å². The Labute approximate surface area is 197 Å². The van der Waals surface area contributed by atoms with Crippen LogP contribution >= 0.6 is 24.8 Å². The van der Waals surface area contributed by atoms with Gasteiger partial charge in [-0.3, -0.25) is 0 Å². The first kappa shape index (κ1) is 24.3. The van der Waals surface area contributed by atoms with Gasteiger partial charge in [-0.05, 0) is 69.2 Å². The lowest BCUT2D eigenvalue weighted by atomic mass is 9.92. The van der Waals surface area contributed by atoms with Crippen molar-refractivity contribution in [3.63, 3.8) is 0 Å². The number of halogens is 4. The van der Waals surface area contributed by atoms with Crippen LogP contribution in [0, 0.1) is 18.6 Å². The molecule has 32 heavy (non-hydrogen) atoms. The van der Waals surface area contributed by atoms with E-state index in [-0.39, 0.29) is 36.3 Å². The molecule has 0 unspecified atom stereocenters. The van der Waals surface area contributed by atoms with Crippen molar-refractivity contribution >= 4 is 41.4 Å². The number of pyridine rings is 1. The molecule has 0 saturated carbocycles. The van der Waals surface area contributed by atoms with Gasteiger partial charge in [-0.15, -0.1) is 24.8 Å². The number of aromatic nitrogens is 4. The van der Waals surface area contributed by atoms with E-state index in [4.69, 9.17) is 0 Å². The molecule has 170 valence electrons. The average Bonchev–Trinajstić information content (AvgIpc) is 3.14. The summed E-state index contributed by atoms with van der Waals surface area (Å²) < 4.78 is 31.1. The zero-order valence-electron chi connectivity index (χ0n) is 17.9. The Morgan fingerprint density at radius 1 is 0.938 bits per heavy atom. The zero-order valence-corrected chi connectivity index (χ0v) is 19.5. The Kier molecular flexibility index (Phi) is 7.32. The van der Waals surface area contributed by atoms with Crippen molar-refractivity contribution in [1.82, 2.24) is 24.5 Å². The molecule has 0 N–H and O–H groups in total. The van der Waals surface area contributed by atoms with Gasteiger partial charge in [-0.1, -0.05) is 6.92 Å². The predicted molar refractivity (Wildman–Crippen MR) is 127 cm³/mol. The van der Waals surface area contributed by atoms with E-state index in [0.29, 0.717) is 27.9 Å². The van der Waals surface area contributed by atoms with Gasteiger partial charge in [0, 0.05) is 29.3 Å². The summed E-state index contributed by atoms with van der Waals surface area (Å²) in [6, 6.07) is 6.42. The SMILES string of the molecule is CCN1CCC(c2cc3c(F)cc(-c4cc(F)c5nc(C)cn5c4)cc3nn2)CC1.Cl.Cl.